The molecular formula is C10H19N3O. The number of nitrogens with zero attached hydrogens (tertiary/aromatic N) is 2. The lowest BCUT2D eigenvalue weighted by Gasteiger charge is -2.12. The van der Waals surface area contributed by atoms with Crippen LogP contribution in [0.15, 0.2) is 12.4 Å². The van der Waals surface area contributed by atoms with E-state index in [4.69, 9.17) is 5.11 Å². The van der Waals surface area contributed by atoms with Gasteiger partial charge in [0.05, 0.1) is 12.3 Å². The summed E-state index contributed by atoms with van der Waals surface area (Å²) < 4.78 is 1.79. The van der Waals surface area contributed by atoms with E-state index in [9.17, 15) is 0 Å². The maximum Gasteiger partial charge on any atom is 0.0537 e. The van der Waals surface area contributed by atoms with E-state index >= 15 is 0 Å². The van der Waals surface area contributed by atoms with Crippen LogP contribution in [0.1, 0.15) is 31.9 Å². The molecule has 0 saturated carbocycles. The molecule has 0 radical (unpaired) electrons. The van der Waals surface area contributed by atoms with Gasteiger partial charge in [-0.3, -0.25) is 4.68 Å². The fraction of sp³-hybridized carbons (Fsp3) is 0.700. The zero-order valence-corrected chi connectivity index (χ0v) is 9.07. The Labute approximate surface area is 84.9 Å². The number of aliphatic hydroxyl groups excluding tert-OH is 1. The van der Waals surface area contributed by atoms with Gasteiger partial charge in [0.1, 0.15) is 0 Å². The van der Waals surface area contributed by atoms with Crippen LogP contribution in [0.3, 0.4) is 0 Å². The second-order valence-electron chi connectivity index (χ2n) is 3.76. The topological polar surface area (TPSA) is 50.1 Å². The number of aromatic nitrogens is 2. The van der Waals surface area contributed by atoms with Crippen molar-refractivity contribution in [1.29, 1.82) is 0 Å². The van der Waals surface area contributed by atoms with Crippen molar-refractivity contribution in [3.63, 3.8) is 0 Å². The number of rotatable bonds is 5. The van der Waals surface area contributed by atoms with Gasteiger partial charge in [0.25, 0.3) is 0 Å². The van der Waals surface area contributed by atoms with E-state index < -0.39 is 0 Å². The zero-order valence-electron chi connectivity index (χ0n) is 9.07. The predicted molar refractivity (Wildman–Crippen MR) is 55.9 cm³/mol. The van der Waals surface area contributed by atoms with Crippen LogP contribution in [0.5, 0.6) is 0 Å². The fourth-order valence-electron chi connectivity index (χ4n) is 1.29. The van der Waals surface area contributed by atoms with Crippen LogP contribution in [-0.2, 0) is 7.05 Å². The first-order valence-electron chi connectivity index (χ1n) is 4.99. The maximum atomic E-state index is 9.08. The van der Waals surface area contributed by atoms with Crippen LogP contribution in [-0.4, -0.2) is 27.5 Å². The number of aryl methyl sites for hydroxylation is 1. The van der Waals surface area contributed by atoms with E-state index in [0.717, 1.165) is 13.0 Å². The van der Waals surface area contributed by atoms with E-state index in [1.807, 2.05) is 19.4 Å². The molecule has 1 heterocycles. The summed E-state index contributed by atoms with van der Waals surface area (Å²) in [5.41, 5.74) is 1.18. The van der Waals surface area contributed by atoms with Crippen LogP contribution in [0, 0.1) is 0 Å². The Bertz CT molecular complexity index is 270. The number of nitrogens with one attached hydrogen (secondary N) is 1. The average Bonchev–Trinajstić information content (AvgIpc) is 2.51. The molecule has 0 unspecified atom stereocenters. The van der Waals surface area contributed by atoms with Crippen LogP contribution >= 0.6 is 0 Å². The van der Waals surface area contributed by atoms with Gasteiger partial charge in [-0.05, 0) is 26.8 Å². The molecule has 0 amide bonds. The third kappa shape index (κ3) is 3.47. The summed E-state index contributed by atoms with van der Waals surface area (Å²) in [6.07, 6.45) is 4.41. The second kappa shape index (κ2) is 5.12. The van der Waals surface area contributed by atoms with Crippen molar-refractivity contribution in [3.8, 4) is 0 Å². The third-order valence-corrected chi connectivity index (χ3v) is 2.24. The van der Waals surface area contributed by atoms with Crippen molar-refractivity contribution in [2.24, 2.45) is 7.05 Å². The van der Waals surface area contributed by atoms with Crippen molar-refractivity contribution in [1.82, 2.24) is 15.1 Å². The van der Waals surface area contributed by atoms with Gasteiger partial charge in [0, 0.05) is 24.8 Å². The molecule has 0 spiro atoms. The summed E-state index contributed by atoms with van der Waals surface area (Å²) in [5.74, 6) is 0. The Hall–Kier alpha value is -0.870. The molecule has 0 aliphatic carbocycles. The summed E-state index contributed by atoms with van der Waals surface area (Å²) in [4.78, 5) is 0. The molecule has 0 bridgehead atoms. The van der Waals surface area contributed by atoms with E-state index in [0.29, 0.717) is 6.04 Å². The summed E-state index contributed by atoms with van der Waals surface area (Å²) in [6, 6.07) is 0.294. The molecule has 0 aromatic carbocycles. The van der Waals surface area contributed by atoms with Gasteiger partial charge < -0.3 is 10.4 Å². The first kappa shape index (κ1) is 11.2. The lowest BCUT2D eigenvalue weighted by molar-refractivity contribution is 0.182. The largest absolute Gasteiger partial charge is 0.393 e. The molecule has 4 nitrogen and oxygen atoms in total. The highest BCUT2D eigenvalue weighted by Crippen LogP contribution is 2.09. The Morgan fingerprint density at radius 1 is 1.57 bits per heavy atom. The van der Waals surface area contributed by atoms with Gasteiger partial charge in [0.2, 0.25) is 0 Å². The Kier molecular flexibility index (Phi) is 4.10. The molecule has 0 aliphatic rings. The van der Waals surface area contributed by atoms with E-state index in [1.165, 1.54) is 5.56 Å². The van der Waals surface area contributed by atoms with Crippen LogP contribution in [0.25, 0.3) is 0 Å². The molecule has 4 heteroatoms. The van der Waals surface area contributed by atoms with Crippen LogP contribution in [0.4, 0.5) is 0 Å². The van der Waals surface area contributed by atoms with E-state index in [2.05, 4.69) is 17.3 Å². The summed E-state index contributed by atoms with van der Waals surface area (Å²) >= 11 is 0. The van der Waals surface area contributed by atoms with E-state index in [-0.39, 0.29) is 6.10 Å². The standard InChI is InChI=1S/C10H19N3O/c1-8(14)4-5-11-9(2)10-6-12-13(3)7-10/h6-9,11,14H,4-5H2,1-3H3/t8-,9-/m1/s1. The molecule has 1 aromatic heterocycles. The van der Waals surface area contributed by atoms with Crippen molar-refractivity contribution in [2.75, 3.05) is 6.54 Å². The minimum Gasteiger partial charge on any atom is -0.393 e. The van der Waals surface area contributed by atoms with Gasteiger partial charge in [-0.1, -0.05) is 0 Å². The highest BCUT2D eigenvalue weighted by molar-refractivity contribution is 5.08. The molecule has 1 aromatic rings. The van der Waals surface area contributed by atoms with Crippen molar-refractivity contribution in [3.05, 3.63) is 18.0 Å². The summed E-state index contributed by atoms with van der Waals surface area (Å²) in [7, 11) is 1.91. The molecule has 0 fully saturated rings. The highest BCUT2D eigenvalue weighted by Gasteiger charge is 2.06. The Morgan fingerprint density at radius 2 is 2.29 bits per heavy atom. The molecule has 0 aliphatic heterocycles. The molecule has 1 rings (SSSR count). The van der Waals surface area contributed by atoms with Gasteiger partial charge in [-0.2, -0.15) is 5.10 Å². The van der Waals surface area contributed by atoms with Crippen LogP contribution < -0.4 is 5.32 Å². The van der Waals surface area contributed by atoms with Gasteiger partial charge in [-0.25, -0.2) is 0 Å². The number of hydrogen-bond acceptors (Lipinski definition) is 3. The minimum absolute atomic E-state index is 0.233. The third-order valence-electron chi connectivity index (χ3n) is 2.24. The lowest BCUT2D eigenvalue weighted by atomic mass is 10.2. The van der Waals surface area contributed by atoms with Crippen LogP contribution in [0.2, 0.25) is 0 Å². The summed E-state index contributed by atoms with van der Waals surface area (Å²) in [5, 5.41) is 16.5. The average molecular weight is 197 g/mol. The predicted octanol–water partition coefficient (Wildman–Crippen LogP) is 0.842. The zero-order chi connectivity index (χ0) is 10.6. The number of aliphatic hydroxyl groups is 1. The number of hydrogen-bond donors (Lipinski definition) is 2. The van der Waals surface area contributed by atoms with Crippen molar-refractivity contribution in [2.45, 2.75) is 32.4 Å². The minimum atomic E-state index is -0.233. The van der Waals surface area contributed by atoms with Crippen molar-refractivity contribution >= 4 is 0 Å². The van der Waals surface area contributed by atoms with Crippen molar-refractivity contribution < 1.29 is 5.11 Å². The first-order valence-corrected chi connectivity index (χ1v) is 4.99. The van der Waals surface area contributed by atoms with E-state index in [1.54, 1.807) is 11.6 Å². The molecule has 80 valence electrons. The normalized spacial score (nSPS) is 15.4. The second-order valence-corrected chi connectivity index (χ2v) is 3.76. The Balaban J connectivity index is 2.32. The summed E-state index contributed by atoms with van der Waals surface area (Å²) in [6.45, 7) is 4.73. The van der Waals surface area contributed by atoms with Gasteiger partial charge in [-0.15, -0.1) is 0 Å². The molecule has 2 N–H and O–H groups in total. The smallest absolute Gasteiger partial charge is 0.0537 e. The first-order chi connectivity index (χ1) is 6.59. The quantitative estimate of drug-likeness (QED) is 0.735. The Morgan fingerprint density at radius 3 is 2.79 bits per heavy atom. The molecular weight excluding hydrogens is 178 g/mol. The molecule has 0 saturated heterocycles. The molecule has 2 atom stereocenters. The fourth-order valence-corrected chi connectivity index (χ4v) is 1.29. The van der Waals surface area contributed by atoms with Gasteiger partial charge in [0.15, 0.2) is 0 Å². The lowest BCUT2D eigenvalue weighted by Crippen LogP contribution is -2.22. The maximum absolute atomic E-state index is 9.08. The van der Waals surface area contributed by atoms with Gasteiger partial charge >= 0.3 is 0 Å². The molecule has 14 heavy (non-hydrogen) atoms. The monoisotopic (exact) mass is 197 g/mol. The highest BCUT2D eigenvalue weighted by atomic mass is 16.3. The SMILES string of the molecule is C[C@@H](O)CCN[C@H](C)c1cnn(C)c1.